The molecular formula is C12H16N2O. The molecule has 1 aliphatic rings. The number of nitrogens with one attached hydrogen (secondary N) is 1. The molecule has 3 heteroatoms. The normalized spacial score (nSPS) is 14.7. The molecule has 15 heavy (non-hydrogen) atoms. The quantitative estimate of drug-likeness (QED) is 0.759. The van der Waals surface area contributed by atoms with Crippen molar-refractivity contribution in [2.45, 2.75) is 19.8 Å². The molecule has 1 amide bonds. The maximum Gasteiger partial charge on any atom is 0.221 e. The Hall–Kier alpha value is -1.51. The molecule has 1 aliphatic heterocycles. The number of carbonyl (C=O) groups excluding carboxylic acids is 1. The predicted octanol–water partition coefficient (Wildman–Crippen LogP) is 2.03. The van der Waals surface area contributed by atoms with E-state index in [0.717, 1.165) is 18.7 Å². The standard InChI is InChI=1S/C12H16N2O/c1-9(15)13-11-6-5-10-4-3-7-14(2)12(10)8-11/h5-6,8H,3-4,7H2,1-2H3,(H,13,15). The number of benzene rings is 1. The number of fused-ring (bicyclic) bond motifs is 1. The molecule has 3 nitrogen and oxygen atoms in total. The Bertz CT molecular complexity index is 387. The fourth-order valence-electron chi connectivity index (χ4n) is 2.04. The maximum atomic E-state index is 10.9. The highest BCUT2D eigenvalue weighted by molar-refractivity contribution is 5.89. The summed E-state index contributed by atoms with van der Waals surface area (Å²) in [5, 5.41) is 2.81. The minimum absolute atomic E-state index is 0.0200. The van der Waals surface area contributed by atoms with Crippen molar-refractivity contribution in [1.82, 2.24) is 0 Å². The van der Waals surface area contributed by atoms with E-state index in [1.165, 1.54) is 24.6 Å². The van der Waals surface area contributed by atoms with E-state index < -0.39 is 0 Å². The molecular weight excluding hydrogens is 188 g/mol. The molecule has 0 bridgehead atoms. The highest BCUT2D eigenvalue weighted by Crippen LogP contribution is 2.28. The van der Waals surface area contributed by atoms with E-state index in [1.807, 2.05) is 6.07 Å². The van der Waals surface area contributed by atoms with E-state index in [1.54, 1.807) is 0 Å². The van der Waals surface area contributed by atoms with Gasteiger partial charge in [0, 0.05) is 31.9 Å². The van der Waals surface area contributed by atoms with Gasteiger partial charge in [0.15, 0.2) is 0 Å². The molecule has 1 heterocycles. The van der Waals surface area contributed by atoms with E-state index in [-0.39, 0.29) is 5.91 Å². The zero-order valence-corrected chi connectivity index (χ0v) is 9.21. The number of anilines is 2. The van der Waals surface area contributed by atoms with Crippen LogP contribution in [0.1, 0.15) is 18.9 Å². The van der Waals surface area contributed by atoms with Crippen LogP contribution in [0.3, 0.4) is 0 Å². The Labute approximate surface area is 90.1 Å². The number of aryl methyl sites for hydroxylation is 1. The van der Waals surface area contributed by atoms with Crippen molar-refractivity contribution in [2.75, 3.05) is 23.8 Å². The van der Waals surface area contributed by atoms with Gasteiger partial charge in [0.25, 0.3) is 0 Å². The Morgan fingerprint density at radius 2 is 2.27 bits per heavy atom. The molecule has 1 aromatic rings. The first-order valence-electron chi connectivity index (χ1n) is 5.28. The topological polar surface area (TPSA) is 32.3 Å². The van der Waals surface area contributed by atoms with Crippen LogP contribution in [0.2, 0.25) is 0 Å². The van der Waals surface area contributed by atoms with Gasteiger partial charge in [-0.25, -0.2) is 0 Å². The third-order valence-electron chi connectivity index (χ3n) is 2.76. The Balaban J connectivity index is 2.31. The number of amides is 1. The van der Waals surface area contributed by atoms with Crippen LogP contribution >= 0.6 is 0 Å². The van der Waals surface area contributed by atoms with Gasteiger partial charge in [0.2, 0.25) is 5.91 Å². The van der Waals surface area contributed by atoms with Crippen molar-refractivity contribution < 1.29 is 4.79 Å². The SMILES string of the molecule is CC(=O)Nc1ccc2c(c1)N(C)CCC2. The Morgan fingerprint density at radius 3 is 3.00 bits per heavy atom. The van der Waals surface area contributed by atoms with Crippen LogP contribution < -0.4 is 10.2 Å². The third kappa shape index (κ3) is 2.12. The van der Waals surface area contributed by atoms with Crippen LogP contribution in [-0.4, -0.2) is 19.5 Å². The van der Waals surface area contributed by atoms with E-state index in [2.05, 4.69) is 29.4 Å². The van der Waals surface area contributed by atoms with Crippen molar-refractivity contribution in [3.63, 3.8) is 0 Å². The molecule has 0 spiro atoms. The molecule has 0 fully saturated rings. The smallest absolute Gasteiger partial charge is 0.221 e. The summed E-state index contributed by atoms with van der Waals surface area (Å²) in [5.41, 5.74) is 3.50. The van der Waals surface area contributed by atoms with Gasteiger partial charge < -0.3 is 10.2 Å². The van der Waals surface area contributed by atoms with Gasteiger partial charge in [-0.15, -0.1) is 0 Å². The van der Waals surface area contributed by atoms with Crippen molar-refractivity contribution in [3.8, 4) is 0 Å². The monoisotopic (exact) mass is 204 g/mol. The van der Waals surface area contributed by atoms with Crippen LogP contribution in [0.15, 0.2) is 18.2 Å². The van der Waals surface area contributed by atoms with Crippen LogP contribution in [0.25, 0.3) is 0 Å². The summed E-state index contributed by atoms with van der Waals surface area (Å²) in [6.45, 7) is 2.62. The molecule has 2 rings (SSSR count). The minimum Gasteiger partial charge on any atom is -0.374 e. The van der Waals surface area contributed by atoms with Crippen LogP contribution in [0, 0.1) is 0 Å². The first-order valence-corrected chi connectivity index (χ1v) is 5.28. The van der Waals surface area contributed by atoms with Gasteiger partial charge in [0.1, 0.15) is 0 Å². The van der Waals surface area contributed by atoms with Gasteiger partial charge in [-0.1, -0.05) is 6.07 Å². The highest BCUT2D eigenvalue weighted by atomic mass is 16.1. The second-order valence-electron chi connectivity index (χ2n) is 4.05. The van der Waals surface area contributed by atoms with Gasteiger partial charge in [-0.2, -0.15) is 0 Å². The summed E-state index contributed by atoms with van der Waals surface area (Å²) in [6, 6.07) is 6.13. The lowest BCUT2D eigenvalue weighted by Crippen LogP contribution is -2.24. The summed E-state index contributed by atoms with van der Waals surface area (Å²) >= 11 is 0. The fourth-order valence-corrected chi connectivity index (χ4v) is 2.04. The average Bonchev–Trinajstić information content (AvgIpc) is 2.18. The number of nitrogens with zero attached hydrogens (tertiary/aromatic N) is 1. The molecule has 1 aromatic carbocycles. The molecule has 0 atom stereocenters. The molecule has 0 saturated carbocycles. The fraction of sp³-hybridized carbons (Fsp3) is 0.417. The summed E-state index contributed by atoms with van der Waals surface area (Å²) < 4.78 is 0. The lowest BCUT2D eigenvalue weighted by molar-refractivity contribution is -0.114. The van der Waals surface area contributed by atoms with Gasteiger partial charge in [-0.05, 0) is 30.5 Å². The molecule has 0 aromatic heterocycles. The predicted molar refractivity (Wildman–Crippen MR) is 62.3 cm³/mol. The van der Waals surface area contributed by atoms with Crippen LogP contribution in [-0.2, 0) is 11.2 Å². The zero-order chi connectivity index (χ0) is 10.8. The van der Waals surface area contributed by atoms with E-state index in [9.17, 15) is 4.79 Å². The van der Waals surface area contributed by atoms with Crippen molar-refractivity contribution >= 4 is 17.3 Å². The summed E-state index contributed by atoms with van der Waals surface area (Å²) in [5.74, 6) is -0.0200. The maximum absolute atomic E-state index is 10.9. The minimum atomic E-state index is -0.0200. The lowest BCUT2D eigenvalue weighted by Gasteiger charge is -2.27. The average molecular weight is 204 g/mol. The largest absolute Gasteiger partial charge is 0.374 e. The lowest BCUT2D eigenvalue weighted by atomic mass is 10.0. The van der Waals surface area contributed by atoms with Gasteiger partial charge >= 0.3 is 0 Å². The molecule has 1 N–H and O–H groups in total. The van der Waals surface area contributed by atoms with Gasteiger partial charge in [0.05, 0.1) is 0 Å². The Kier molecular flexibility index (Phi) is 2.62. The van der Waals surface area contributed by atoms with E-state index in [4.69, 9.17) is 0 Å². The first-order chi connectivity index (χ1) is 7.16. The summed E-state index contributed by atoms with van der Waals surface area (Å²) in [6.07, 6.45) is 2.35. The number of rotatable bonds is 1. The second kappa shape index (κ2) is 3.93. The molecule has 0 saturated heterocycles. The summed E-state index contributed by atoms with van der Waals surface area (Å²) in [4.78, 5) is 13.2. The highest BCUT2D eigenvalue weighted by Gasteiger charge is 2.13. The van der Waals surface area contributed by atoms with Crippen molar-refractivity contribution in [3.05, 3.63) is 23.8 Å². The van der Waals surface area contributed by atoms with Crippen LogP contribution in [0.5, 0.6) is 0 Å². The van der Waals surface area contributed by atoms with Crippen molar-refractivity contribution in [2.24, 2.45) is 0 Å². The van der Waals surface area contributed by atoms with E-state index in [0.29, 0.717) is 0 Å². The number of hydrogen-bond acceptors (Lipinski definition) is 2. The first kappa shape index (κ1) is 10.0. The molecule has 0 aliphatic carbocycles. The van der Waals surface area contributed by atoms with Crippen molar-refractivity contribution in [1.29, 1.82) is 0 Å². The molecule has 80 valence electrons. The Morgan fingerprint density at radius 1 is 1.47 bits per heavy atom. The molecule has 0 unspecified atom stereocenters. The summed E-state index contributed by atoms with van der Waals surface area (Å²) in [7, 11) is 2.09. The van der Waals surface area contributed by atoms with E-state index >= 15 is 0 Å². The third-order valence-corrected chi connectivity index (χ3v) is 2.76. The number of hydrogen-bond donors (Lipinski definition) is 1. The number of carbonyl (C=O) groups is 1. The molecule has 0 radical (unpaired) electrons. The zero-order valence-electron chi connectivity index (χ0n) is 9.21. The van der Waals surface area contributed by atoms with Crippen LogP contribution in [0.4, 0.5) is 11.4 Å². The van der Waals surface area contributed by atoms with Gasteiger partial charge in [-0.3, -0.25) is 4.79 Å². The second-order valence-corrected chi connectivity index (χ2v) is 4.05.